The van der Waals surface area contributed by atoms with Crippen molar-refractivity contribution in [3.63, 3.8) is 0 Å². The Morgan fingerprint density at radius 2 is 2.20 bits per heavy atom. The lowest BCUT2D eigenvalue weighted by Crippen LogP contribution is -2.24. The van der Waals surface area contributed by atoms with Crippen molar-refractivity contribution in [2.75, 3.05) is 5.75 Å². The van der Waals surface area contributed by atoms with Gasteiger partial charge in [0.1, 0.15) is 5.76 Å². The van der Waals surface area contributed by atoms with Crippen molar-refractivity contribution < 1.29 is 12.9 Å². The molecule has 15 heavy (non-hydrogen) atoms. The molecule has 0 unspecified atom stereocenters. The summed E-state index contributed by atoms with van der Waals surface area (Å²) in [6.45, 7) is 5.75. The van der Waals surface area contributed by atoms with Gasteiger partial charge in [0.15, 0.2) is 0 Å². The highest BCUT2D eigenvalue weighted by Gasteiger charge is 2.10. The van der Waals surface area contributed by atoms with Crippen LogP contribution in [-0.2, 0) is 16.6 Å². The van der Waals surface area contributed by atoms with Gasteiger partial charge in [0, 0.05) is 12.0 Å². The third-order valence-corrected chi connectivity index (χ3v) is 3.34. The van der Waals surface area contributed by atoms with E-state index in [2.05, 4.69) is 9.88 Å². The van der Waals surface area contributed by atoms with E-state index >= 15 is 0 Å². The third kappa shape index (κ3) is 3.64. The van der Waals surface area contributed by atoms with Crippen molar-refractivity contribution in [3.05, 3.63) is 17.5 Å². The zero-order valence-electron chi connectivity index (χ0n) is 9.15. The number of hydrogen-bond donors (Lipinski definition) is 1. The monoisotopic (exact) mass is 232 g/mol. The Morgan fingerprint density at radius 1 is 1.53 bits per heavy atom. The summed E-state index contributed by atoms with van der Waals surface area (Å²) in [5.74, 6) is 1.09. The normalized spacial score (nSPS) is 12.3. The largest absolute Gasteiger partial charge is 0.361 e. The van der Waals surface area contributed by atoms with Crippen LogP contribution in [0.5, 0.6) is 0 Å². The van der Waals surface area contributed by atoms with Crippen LogP contribution < -0.4 is 4.72 Å². The number of nitrogens with one attached hydrogen (secondary N) is 1. The Bertz CT molecular complexity index is 409. The summed E-state index contributed by atoms with van der Waals surface area (Å²) in [4.78, 5) is 0. The average molecular weight is 232 g/mol. The molecule has 0 amide bonds. The summed E-state index contributed by atoms with van der Waals surface area (Å²) < 4.78 is 29.8. The first-order chi connectivity index (χ1) is 6.94. The van der Waals surface area contributed by atoms with Gasteiger partial charge in [-0.05, 0) is 6.92 Å². The summed E-state index contributed by atoms with van der Waals surface area (Å²) in [7, 11) is -3.16. The van der Waals surface area contributed by atoms with Gasteiger partial charge in [0.05, 0.1) is 18.0 Å². The van der Waals surface area contributed by atoms with Crippen molar-refractivity contribution in [2.45, 2.75) is 33.2 Å². The van der Waals surface area contributed by atoms with Gasteiger partial charge in [-0.25, -0.2) is 13.1 Å². The van der Waals surface area contributed by atoms with E-state index < -0.39 is 10.0 Å². The summed E-state index contributed by atoms with van der Waals surface area (Å²) in [6.07, 6.45) is 0. The standard InChI is InChI=1S/C9H16N2O3S/c1-4-15(12,13)10-6-8-5-9(7(2)3)14-11-8/h5,7,10H,4,6H2,1-3H3. The molecule has 5 nitrogen and oxygen atoms in total. The minimum Gasteiger partial charge on any atom is -0.361 e. The molecule has 1 N–H and O–H groups in total. The fraction of sp³-hybridized carbons (Fsp3) is 0.667. The maximum atomic E-state index is 11.1. The van der Waals surface area contributed by atoms with E-state index in [0.717, 1.165) is 5.76 Å². The molecule has 0 aliphatic carbocycles. The first-order valence-electron chi connectivity index (χ1n) is 4.87. The molecule has 6 heteroatoms. The maximum Gasteiger partial charge on any atom is 0.211 e. The molecular weight excluding hydrogens is 216 g/mol. The highest BCUT2D eigenvalue weighted by atomic mass is 32.2. The highest BCUT2D eigenvalue weighted by molar-refractivity contribution is 7.89. The van der Waals surface area contributed by atoms with Crippen LogP contribution in [0, 0.1) is 0 Å². The van der Waals surface area contributed by atoms with Crippen LogP contribution in [0.3, 0.4) is 0 Å². The number of hydrogen-bond acceptors (Lipinski definition) is 4. The number of aromatic nitrogens is 1. The fourth-order valence-corrected chi connectivity index (χ4v) is 1.54. The molecule has 0 saturated heterocycles. The second-order valence-corrected chi connectivity index (χ2v) is 5.70. The van der Waals surface area contributed by atoms with Crippen molar-refractivity contribution in [3.8, 4) is 0 Å². The van der Waals surface area contributed by atoms with Gasteiger partial charge < -0.3 is 4.52 Å². The molecule has 0 bridgehead atoms. The summed E-state index contributed by atoms with van der Waals surface area (Å²) in [5.41, 5.74) is 0.607. The topological polar surface area (TPSA) is 72.2 Å². The van der Waals surface area contributed by atoms with E-state index in [0.29, 0.717) is 5.69 Å². The Labute approximate surface area is 89.9 Å². The third-order valence-electron chi connectivity index (χ3n) is 2.00. The van der Waals surface area contributed by atoms with Gasteiger partial charge in [-0.3, -0.25) is 0 Å². The second kappa shape index (κ2) is 4.76. The van der Waals surface area contributed by atoms with Gasteiger partial charge in [-0.1, -0.05) is 19.0 Å². The molecule has 0 radical (unpaired) electrons. The van der Waals surface area contributed by atoms with Gasteiger partial charge >= 0.3 is 0 Å². The maximum absolute atomic E-state index is 11.1. The Hall–Kier alpha value is -0.880. The molecule has 0 aliphatic heterocycles. The van der Waals surface area contributed by atoms with Crippen LogP contribution >= 0.6 is 0 Å². The summed E-state index contributed by atoms with van der Waals surface area (Å²) >= 11 is 0. The molecule has 86 valence electrons. The Kier molecular flexibility index (Phi) is 3.87. The lowest BCUT2D eigenvalue weighted by atomic mass is 10.1. The van der Waals surface area contributed by atoms with Crippen molar-refractivity contribution in [2.24, 2.45) is 0 Å². The lowest BCUT2D eigenvalue weighted by molar-refractivity contribution is 0.365. The lowest BCUT2D eigenvalue weighted by Gasteiger charge is -2.00. The van der Waals surface area contributed by atoms with Crippen LogP contribution in [0.1, 0.15) is 38.1 Å². The van der Waals surface area contributed by atoms with Crippen LogP contribution in [0.2, 0.25) is 0 Å². The SMILES string of the molecule is CCS(=O)(=O)NCc1cc(C(C)C)on1. The molecule has 1 rings (SSSR count). The van der Waals surface area contributed by atoms with Crippen molar-refractivity contribution in [1.82, 2.24) is 9.88 Å². The van der Waals surface area contributed by atoms with E-state index in [1.54, 1.807) is 13.0 Å². The number of nitrogens with zero attached hydrogens (tertiary/aromatic N) is 1. The zero-order valence-corrected chi connectivity index (χ0v) is 9.97. The van der Waals surface area contributed by atoms with E-state index in [1.807, 2.05) is 13.8 Å². The predicted octanol–water partition coefficient (Wildman–Crippen LogP) is 1.24. The molecule has 0 aliphatic rings. The van der Waals surface area contributed by atoms with Crippen molar-refractivity contribution in [1.29, 1.82) is 0 Å². The Balaban J connectivity index is 2.59. The van der Waals surface area contributed by atoms with Crippen LogP contribution in [0.4, 0.5) is 0 Å². The molecule has 1 aromatic rings. The first kappa shape index (κ1) is 12.2. The molecule has 0 spiro atoms. The number of rotatable bonds is 5. The first-order valence-corrected chi connectivity index (χ1v) is 6.52. The molecule has 0 fully saturated rings. The van der Waals surface area contributed by atoms with E-state index in [4.69, 9.17) is 4.52 Å². The predicted molar refractivity (Wildman–Crippen MR) is 56.9 cm³/mol. The molecule has 1 aromatic heterocycles. The highest BCUT2D eigenvalue weighted by Crippen LogP contribution is 2.14. The van der Waals surface area contributed by atoms with Gasteiger partial charge in [-0.15, -0.1) is 0 Å². The molecule has 0 saturated carbocycles. The Morgan fingerprint density at radius 3 is 2.67 bits per heavy atom. The minimum atomic E-state index is -3.16. The molecule has 1 heterocycles. The van der Waals surface area contributed by atoms with E-state index in [-0.39, 0.29) is 18.2 Å². The smallest absolute Gasteiger partial charge is 0.211 e. The summed E-state index contributed by atoms with van der Waals surface area (Å²) in [6, 6.07) is 1.77. The van der Waals surface area contributed by atoms with Crippen LogP contribution in [0.15, 0.2) is 10.6 Å². The quantitative estimate of drug-likeness (QED) is 0.829. The van der Waals surface area contributed by atoms with Crippen LogP contribution in [-0.4, -0.2) is 19.3 Å². The average Bonchev–Trinajstić information content (AvgIpc) is 2.63. The minimum absolute atomic E-state index is 0.0713. The molecule has 0 atom stereocenters. The van der Waals surface area contributed by atoms with E-state index in [9.17, 15) is 8.42 Å². The van der Waals surface area contributed by atoms with E-state index in [1.165, 1.54) is 0 Å². The van der Waals surface area contributed by atoms with Crippen molar-refractivity contribution >= 4 is 10.0 Å². The number of sulfonamides is 1. The molecule has 0 aromatic carbocycles. The van der Waals surface area contributed by atoms with Crippen LogP contribution in [0.25, 0.3) is 0 Å². The van der Waals surface area contributed by atoms with Gasteiger partial charge in [-0.2, -0.15) is 0 Å². The molecular formula is C9H16N2O3S. The zero-order chi connectivity index (χ0) is 11.5. The van der Waals surface area contributed by atoms with Gasteiger partial charge in [0.25, 0.3) is 0 Å². The summed E-state index contributed by atoms with van der Waals surface area (Å²) in [5, 5.41) is 3.77. The fourth-order valence-electron chi connectivity index (χ4n) is 0.970. The second-order valence-electron chi connectivity index (χ2n) is 3.60. The van der Waals surface area contributed by atoms with Gasteiger partial charge in [0.2, 0.25) is 10.0 Å².